The fraction of sp³-hybridized carbons (Fsp3) is 0.625. The predicted molar refractivity (Wildman–Crippen MR) is 79.0 cm³/mol. The van der Waals surface area contributed by atoms with Gasteiger partial charge in [0.25, 0.3) is 0 Å². The summed E-state index contributed by atoms with van der Waals surface area (Å²) in [6.07, 6.45) is 5.34. The van der Waals surface area contributed by atoms with E-state index in [1.54, 1.807) is 0 Å². The maximum absolute atomic E-state index is 8.99. The summed E-state index contributed by atoms with van der Waals surface area (Å²) < 4.78 is 0. The molecule has 106 valence electrons. The van der Waals surface area contributed by atoms with E-state index in [1.165, 1.54) is 37.8 Å². The van der Waals surface area contributed by atoms with E-state index >= 15 is 0 Å². The molecule has 1 atom stereocenters. The molecule has 1 aliphatic rings. The van der Waals surface area contributed by atoms with E-state index in [1.807, 2.05) is 12.1 Å². The van der Waals surface area contributed by atoms with Crippen molar-refractivity contribution in [2.45, 2.75) is 44.9 Å². The van der Waals surface area contributed by atoms with Crippen LogP contribution in [-0.2, 0) is 13.2 Å². The van der Waals surface area contributed by atoms with E-state index in [4.69, 9.17) is 5.11 Å². The molecular formula is C16H26N2O. The zero-order valence-electron chi connectivity index (χ0n) is 11.9. The standard InChI is InChI=1S/C16H26N2O/c1-18-11-3-2-4-16(18)9-10-17-12-14-5-7-15(13-19)8-6-14/h5-8,16-17,19H,2-4,9-13H2,1H3. The van der Waals surface area contributed by atoms with Crippen molar-refractivity contribution in [1.29, 1.82) is 0 Å². The fourth-order valence-electron chi connectivity index (χ4n) is 2.77. The fourth-order valence-corrected chi connectivity index (χ4v) is 2.77. The number of nitrogens with one attached hydrogen (secondary N) is 1. The van der Waals surface area contributed by atoms with E-state index in [2.05, 4.69) is 29.4 Å². The molecule has 2 N–H and O–H groups in total. The van der Waals surface area contributed by atoms with Crippen molar-refractivity contribution in [3.05, 3.63) is 35.4 Å². The van der Waals surface area contributed by atoms with Gasteiger partial charge in [-0.25, -0.2) is 0 Å². The molecule has 3 nitrogen and oxygen atoms in total. The van der Waals surface area contributed by atoms with Crippen molar-refractivity contribution in [2.75, 3.05) is 20.1 Å². The first-order valence-corrected chi connectivity index (χ1v) is 7.39. The highest BCUT2D eigenvalue weighted by atomic mass is 16.3. The van der Waals surface area contributed by atoms with Crippen LogP contribution < -0.4 is 5.32 Å². The smallest absolute Gasteiger partial charge is 0.0681 e. The normalized spacial score (nSPS) is 20.6. The molecule has 0 spiro atoms. The van der Waals surface area contributed by atoms with E-state index < -0.39 is 0 Å². The Kier molecular flexibility index (Phi) is 5.83. The van der Waals surface area contributed by atoms with Gasteiger partial charge < -0.3 is 15.3 Å². The van der Waals surface area contributed by atoms with Gasteiger partial charge in [0, 0.05) is 12.6 Å². The number of hydrogen-bond acceptors (Lipinski definition) is 3. The minimum Gasteiger partial charge on any atom is -0.392 e. The second-order valence-corrected chi connectivity index (χ2v) is 5.57. The predicted octanol–water partition coefficient (Wildman–Crippen LogP) is 2.14. The number of aliphatic hydroxyl groups excluding tert-OH is 1. The van der Waals surface area contributed by atoms with Crippen molar-refractivity contribution < 1.29 is 5.11 Å². The Balaban J connectivity index is 1.65. The lowest BCUT2D eigenvalue weighted by Crippen LogP contribution is -2.38. The molecule has 0 aliphatic carbocycles. The molecule has 2 rings (SSSR count). The molecule has 1 aromatic carbocycles. The molecule has 1 unspecified atom stereocenters. The minimum absolute atomic E-state index is 0.127. The van der Waals surface area contributed by atoms with Crippen LogP contribution in [0.2, 0.25) is 0 Å². The van der Waals surface area contributed by atoms with Crippen LogP contribution in [0.5, 0.6) is 0 Å². The van der Waals surface area contributed by atoms with Gasteiger partial charge in [-0.3, -0.25) is 0 Å². The molecule has 0 saturated carbocycles. The van der Waals surface area contributed by atoms with Crippen LogP contribution in [0, 0.1) is 0 Å². The highest BCUT2D eigenvalue weighted by molar-refractivity contribution is 5.21. The third-order valence-corrected chi connectivity index (χ3v) is 4.11. The third kappa shape index (κ3) is 4.60. The molecule has 3 heteroatoms. The lowest BCUT2D eigenvalue weighted by molar-refractivity contribution is 0.175. The number of piperidine rings is 1. The number of benzene rings is 1. The lowest BCUT2D eigenvalue weighted by atomic mass is 10.0. The molecule has 19 heavy (non-hydrogen) atoms. The van der Waals surface area contributed by atoms with E-state index in [9.17, 15) is 0 Å². The molecule has 1 aliphatic heterocycles. The summed E-state index contributed by atoms with van der Waals surface area (Å²) in [4.78, 5) is 2.50. The topological polar surface area (TPSA) is 35.5 Å². The minimum atomic E-state index is 0.127. The van der Waals surface area contributed by atoms with Crippen LogP contribution >= 0.6 is 0 Å². The van der Waals surface area contributed by atoms with Crippen LogP contribution in [0.4, 0.5) is 0 Å². The zero-order chi connectivity index (χ0) is 13.5. The molecule has 1 aromatic rings. The van der Waals surface area contributed by atoms with Crippen molar-refractivity contribution in [3.8, 4) is 0 Å². The summed E-state index contributed by atoms with van der Waals surface area (Å²) in [5.41, 5.74) is 2.27. The van der Waals surface area contributed by atoms with Gasteiger partial charge in [-0.2, -0.15) is 0 Å². The van der Waals surface area contributed by atoms with Gasteiger partial charge in [-0.1, -0.05) is 30.7 Å². The number of hydrogen-bond donors (Lipinski definition) is 2. The second kappa shape index (κ2) is 7.63. The molecule has 1 heterocycles. The van der Waals surface area contributed by atoms with Crippen molar-refractivity contribution in [3.63, 3.8) is 0 Å². The summed E-state index contributed by atoms with van der Waals surface area (Å²) in [5, 5.41) is 12.5. The van der Waals surface area contributed by atoms with Gasteiger partial charge in [-0.05, 0) is 50.5 Å². The summed E-state index contributed by atoms with van der Waals surface area (Å²) in [6.45, 7) is 3.38. The largest absolute Gasteiger partial charge is 0.392 e. The Morgan fingerprint density at radius 1 is 1.21 bits per heavy atom. The summed E-state index contributed by atoms with van der Waals surface area (Å²) in [5.74, 6) is 0. The molecular weight excluding hydrogens is 236 g/mol. The van der Waals surface area contributed by atoms with Crippen molar-refractivity contribution in [2.24, 2.45) is 0 Å². The number of aliphatic hydroxyl groups is 1. The van der Waals surface area contributed by atoms with Crippen LogP contribution in [0.1, 0.15) is 36.8 Å². The highest BCUT2D eigenvalue weighted by Gasteiger charge is 2.17. The molecule has 1 saturated heterocycles. The lowest BCUT2D eigenvalue weighted by Gasteiger charge is -2.32. The molecule has 0 aromatic heterocycles. The van der Waals surface area contributed by atoms with Crippen molar-refractivity contribution >= 4 is 0 Å². The van der Waals surface area contributed by atoms with Crippen molar-refractivity contribution in [1.82, 2.24) is 10.2 Å². The van der Waals surface area contributed by atoms with Crippen LogP contribution in [0.15, 0.2) is 24.3 Å². The average Bonchev–Trinajstić information content (AvgIpc) is 2.46. The molecule has 0 radical (unpaired) electrons. The van der Waals surface area contributed by atoms with Crippen LogP contribution in [-0.4, -0.2) is 36.2 Å². The van der Waals surface area contributed by atoms with Gasteiger partial charge in [0.1, 0.15) is 0 Å². The quantitative estimate of drug-likeness (QED) is 0.771. The first-order valence-electron chi connectivity index (χ1n) is 7.39. The van der Waals surface area contributed by atoms with Crippen LogP contribution in [0.3, 0.4) is 0 Å². The summed E-state index contributed by atoms with van der Waals surface area (Å²) in [6, 6.07) is 8.92. The van der Waals surface area contributed by atoms with Crippen LogP contribution in [0.25, 0.3) is 0 Å². The maximum atomic E-state index is 8.99. The van der Waals surface area contributed by atoms with Gasteiger partial charge in [-0.15, -0.1) is 0 Å². The van der Waals surface area contributed by atoms with E-state index in [-0.39, 0.29) is 6.61 Å². The SMILES string of the molecule is CN1CCCCC1CCNCc1ccc(CO)cc1. The Morgan fingerprint density at radius 3 is 2.63 bits per heavy atom. The Morgan fingerprint density at radius 2 is 1.95 bits per heavy atom. The highest BCUT2D eigenvalue weighted by Crippen LogP contribution is 2.17. The summed E-state index contributed by atoms with van der Waals surface area (Å²) in [7, 11) is 2.25. The number of likely N-dealkylation sites (tertiary alicyclic amines) is 1. The second-order valence-electron chi connectivity index (χ2n) is 5.57. The van der Waals surface area contributed by atoms with Gasteiger partial charge in [0.05, 0.1) is 6.61 Å². The maximum Gasteiger partial charge on any atom is 0.0681 e. The van der Waals surface area contributed by atoms with E-state index in [0.717, 1.165) is 24.7 Å². The first-order chi connectivity index (χ1) is 9.29. The monoisotopic (exact) mass is 262 g/mol. The number of rotatable bonds is 6. The molecule has 0 bridgehead atoms. The van der Waals surface area contributed by atoms with E-state index in [0.29, 0.717) is 0 Å². The molecule has 1 fully saturated rings. The Hall–Kier alpha value is -0.900. The molecule has 0 amide bonds. The first kappa shape index (κ1) is 14.5. The summed E-state index contributed by atoms with van der Waals surface area (Å²) >= 11 is 0. The Bertz CT molecular complexity index is 364. The van der Waals surface area contributed by atoms with Gasteiger partial charge in [0.15, 0.2) is 0 Å². The van der Waals surface area contributed by atoms with Gasteiger partial charge in [0.2, 0.25) is 0 Å². The third-order valence-electron chi connectivity index (χ3n) is 4.11. The Labute approximate surface area is 116 Å². The van der Waals surface area contributed by atoms with Gasteiger partial charge >= 0.3 is 0 Å². The average molecular weight is 262 g/mol. The zero-order valence-corrected chi connectivity index (χ0v) is 11.9. The number of nitrogens with zero attached hydrogens (tertiary/aromatic N) is 1.